The molecule has 1 rings (SSSR count). The quantitative estimate of drug-likeness (QED) is 0.777. The fourth-order valence-electron chi connectivity index (χ4n) is 2.30. The first kappa shape index (κ1) is 16.5. The minimum Gasteiger partial charge on any atom is -0.480 e. The van der Waals surface area contributed by atoms with Crippen molar-refractivity contribution in [3.8, 4) is 0 Å². The Balaban J connectivity index is 2.71. The van der Waals surface area contributed by atoms with Crippen LogP contribution in [-0.4, -0.2) is 28.3 Å². The summed E-state index contributed by atoms with van der Waals surface area (Å²) in [5, 5.41) is 11.9. The van der Waals surface area contributed by atoms with Gasteiger partial charge in [-0.2, -0.15) is 0 Å². The van der Waals surface area contributed by atoms with Crippen molar-refractivity contribution in [2.45, 2.75) is 64.5 Å². The van der Waals surface area contributed by atoms with Gasteiger partial charge in [0.05, 0.1) is 0 Å². The predicted molar refractivity (Wildman–Crippen MR) is 76.5 cm³/mol. The van der Waals surface area contributed by atoms with Crippen LogP contribution in [0, 0.1) is 5.92 Å². The number of carboxylic acids is 1. The van der Waals surface area contributed by atoms with E-state index in [-0.39, 0.29) is 5.92 Å². The van der Waals surface area contributed by atoms with Crippen LogP contribution in [0.25, 0.3) is 0 Å². The fourth-order valence-corrected chi connectivity index (χ4v) is 2.30. The number of allylic oxidation sites excluding steroid dienone is 2. The molecule has 1 aliphatic rings. The number of carboxylic acid groups (broad SMARTS) is 1. The maximum Gasteiger partial charge on any atom is 0.408 e. The predicted octanol–water partition coefficient (Wildman–Crippen LogP) is 3.10. The molecule has 5 nitrogen and oxygen atoms in total. The topological polar surface area (TPSA) is 75.6 Å². The third-order valence-electron chi connectivity index (χ3n) is 3.27. The highest BCUT2D eigenvalue weighted by atomic mass is 16.6. The van der Waals surface area contributed by atoms with Crippen LogP contribution in [-0.2, 0) is 9.53 Å². The summed E-state index contributed by atoms with van der Waals surface area (Å²) >= 11 is 0. The van der Waals surface area contributed by atoms with E-state index in [0.717, 1.165) is 19.3 Å². The SMILES string of the molecule is CC(C)(C)OC(=O)N[C@](C)(CC1C=CCCC1)C(=O)O. The third kappa shape index (κ3) is 5.23. The molecule has 2 atom stereocenters. The smallest absolute Gasteiger partial charge is 0.408 e. The van der Waals surface area contributed by atoms with E-state index < -0.39 is 23.2 Å². The number of carbonyl (C=O) groups is 2. The largest absolute Gasteiger partial charge is 0.480 e. The molecular weight excluding hydrogens is 258 g/mol. The number of carbonyl (C=O) groups excluding carboxylic acids is 1. The Morgan fingerprint density at radius 2 is 2.00 bits per heavy atom. The Hall–Kier alpha value is -1.52. The lowest BCUT2D eigenvalue weighted by Gasteiger charge is -2.31. The third-order valence-corrected chi connectivity index (χ3v) is 3.27. The second kappa shape index (κ2) is 6.29. The molecule has 0 aliphatic heterocycles. The molecule has 5 heteroatoms. The number of nitrogens with one attached hydrogen (secondary N) is 1. The zero-order chi connectivity index (χ0) is 15.4. The highest BCUT2D eigenvalue weighted by molar-refractivity contribution is 5.84. The highest BCUT2D eigenvalue weighted by Gasteiger charge is 2.38. The Labute approximate surface area is 120 Å². The lowest BCUT2D eigenvalue weighted by molar-refractivity contribution is -0.144. The van der Waals surface area contributed by atoms with Crippen LogP contribution in [0.3, 0.4) is 0 Å². The molecule has 0 fully saturated rings. The molecule has 114 valence electrons. The molecule has 0 radical (unpaired) electrons. The number of alkyl carbamates (subject to hydrolysis) is 1. The molecule has 0 bridgehead atoms. The van der Waals surface area contributed by atoms with E-state index in [9.17, 15) is 14.7 Å². The lowest BCUT2D eigenvalue weighted by Crippen LogP contribution is -2.54. The zero-order valence-electron chi connectivity index (χ0n) is 12.7. The van der Waals surface area contributed by atoms with Gasteiger partial charge in [-0.15, -0.1) is 0 Å². The Kier molecular flexibility index (Phi) is 5.20. The van der Waals surface area contributed by atoms with Crippen molar-refractivity contribution in [2.75, 3.05) is 0 Å². The fraction of sp³-hybridized carbons (Fsp3) is 0.733. The monoisotopic (exact) mass is 283 g/mol. The molecule has 0 saturated carbocycles. The molecular formula is C15H25NO4. The molecule has 0 spiro atoms. The Morgan fingerprint density at radius 3 is 2.45 bits per heavy atom. The standard InChI is InChI=1S/C15H25NO4/c1-14(2,3)20-13(19)16-15(4,12(17)18)10-11-8-6-5-7-9-11/h6,8,11H,5,7,9-10H2,1-4H3,(H,16,19)(H,17,18)/t11?,15-/m1/s1. The number of aliphatic carboxylic acids is 1. The molecule has 1 amide bonds. The van der Waals surface area contributed by atoms with Gasteiger partial charge in [0.25, 0.3) is 0 Å². The van der Waals surface area contributed by atoms with Crippen LogP contribution < -0.4 is 5.32 Å². The van der Waals surface area contributed by atoms with Gasteiger partial charge in [0.1, 0.15) is 11.1 Å². The van der Waals surface area contributed by atoms with Gasteiger partial charge in [0.15, 0.2) is 0 Å². The van der Waals surface area contributed by atoms with Gasteiger partial charge in [-0.1, -0.05) is 12.2 Å². The summed E-state index contributed by atoms with van der Waals surface area (Å²) in [5.41, 5.74) is -1.96. The average Bonchev–Trinajstić information content (AvgIpc) is 2.26. The van der Waals surface area contributed by atoms with E-state index >= 15 is 0 Å². The Morgan fingerprint density at radius 1 is 1.35 bits per heavy atom. The molecule has 0 aromatic carbocycles. The van der Waals surface area contributed by atoms with E-state index in [1.54, 1.807) is 20.8 Å². The van der Waals surface area contributed by atoms with Crippen molar-refractivity contribution >= 4 is 12.1 Å². The molecule has 0 aromatic rings. The van der Waals surface area contributed by atoms with Gasteiger partial charge in [0.2, 0.25) is 0 Å². The molecule has 1 aliphatic carbocycles. The van der Waals surface area contributed by atoms with Crippen molar-refractivity contribution in [1.82, 2.24) is 5.32 Å². The molecule has 0 heterocycles. The number of ether oxygens (including phenoxy) is 1. The van der Waals surface area contributed by atoms with Crippen molar-refractivity contribution in [3.63, 3.8) is 0 Å². The van der Waals surface area contributed by atoms with Gasteiger partial charge in [0, 0.05) is 0 Å². The maximum atomic E-state index is 11.8. The van der Waals surface area contributed by atoms with Gasteiger partial charge in [-0.25, -0.2) is 9.59 Å². The molecule has 0 saturated heterocycles. The number of rotatable bonds is 4. The van der Waals surface area contributed by atoms with Crippen molar-refractivity contribution in [2.24, 2.45) is 5.92 Å². The van der Waals surface area contributed by atoms with E-state index in [4.69, 9.17) is 4.74 Å². The minimum atomic E-state index is -1.31. The van der Waals surface area contributed by atoms with Gasteiger partial charge < -0.3 is 15.2 Å². The van der Waals surface area contributed by atoms with E-state index in [2.05, 4.69) is 11.4 Å². The lowest BCUT2D eigenvalue weighted by atomic mass is 9.83. The second-order valence-electron chi connectivity index (χ2n) is 6.59. The first-order valence-corrected chi connectivity index (χ1v) is 7.04. The first-order valence-electron chi connectivity index (χ1n) is 7.04. The van der Waals surface area contributed by atoms with Crippen LogP contribution in [0.4, 0.5) is 4.79 Å². The van der Waals surface area contributed by atoms with Crippen LogP contribution in [0.15, 0.2) is 12.2 Å². The van der Waals surface area contributed by atoms with Crippen molar-refractivity contribution in [1.29, 1.82) is 0 Å². The molecule has 2 N–H and O–H groups in total. The van der Waals surface area contributed by atoms with Gasteiger partial charge in [-0.3, -0.25) is 0 Å². The summed E-state index contributed by atoms with van der Waals surface area (Å²) in [5.74, 6) is -0.859. The average molecular weight is 283 g/mol. The van der Waals surface area contributed by atoms with Crippen LogP contribution in [0.1, 0.15) is 53.4 Å². The van der Waals surface area contributed by atoms with Crippen molar-refractivity contribution in [3.05, 3.63) is 12.2 Å². The second-order valence-corrected chi connectivity index (χ2v) is 6.59. The van der Waals surface area contributed by atoms with Crippen LogP contribution in [0.2, 0.25) is 0 Å². The molecule has 20 heavy (non-hydrogen) atoms. The van der Waals surface area contributed by atoms with E-state index in [1.807, 2.05) is 6.08 Å². The first-order chi connectivity index (χ1) is 9.12. The number of amides is 1. The van der Waals surface area contributed by atoms with Gasteiger partial charge >= 0.3 is 12.1 Å². The summed E-state index contributed by atoms with van der Waals surface area (Å²) < 4.78 is 5.14. The summed E-state index contributed by atoms with van der Waals surface area (Å²) in [6.07, 6.45) is 6.85. The molecule has 0 aromatic heterocycles. The van der Waals surface area contributed by atoms with Crippen LogP contribution in [0.5, 0.6) is 0 Å². The van der Waals surface area contributed by atoms with Crippen LogP contribution >= 0.6 is 0 Å². The summed E-state index contributed by atoms with van der Waals surface area (Å²) in [6, 6.07) is 0. The van der Waals surface area contributed by atoms with Gasteiger partial charge in [-0.05, 0) is 59.3 Å². The van der Waals surface area contributed by atoms with E-state index in [0.29, 0.717) is 6.42 Å². The maximum absolute atomic E-state index is 11.8. The normalized spacial score (nSPS) is 21.9. The number of hydrogen-bond donors (Lipinski definition) is 2. The summed E-state index contributed by atoms with van der Waals surface area (Å²) in [6.45, 7) is 6.76. The zero-order valence-corrected chi connectivity index (χ0v) is 12.7. The summed E-state index contributed by atoms with van der Waals surface area (Å²) in [7, 11) is 0. The van der Waals surface area contributed by atoms with E-state index in [1.165, 1.54) is 6.92 Å². The molecule has 1 unspecified atom stereocenters. The summed E-state index contributed by atoms with van der Waals surface area (Å²) in [4.78, 5) is 23.3. The highest BCUT2D eigenvalue weighted by Crippen LogP contribution is 2.26. The van der Waals surface area contributed by atoms with Crippen molar-refractivity contribution < 1.29 is 19.4 Å². The minimum absolute atomic E-state index is 0.180. The Bertz CT molecular complexity index is 397. The number of hydrogen-bond acceptors (Lipinski definition) is 3.